The van der Waals surface area contributed by atoms with Crippen LogP contribution in [0.3, 0.4) is 0 Å². The van der Waals surface area contributed by atoms with Crippen LogP contribution in [-0.2, 0) is 0 Å². The first-order valence-electron chi connectivity index (χ1n) is 12.1. The Labute approximate surface area is 204 Å². The molecule has 35 heavy (non-hydrogen) atoms. The normalized spacial score (nSPS) is 23.9. The topological polar surface area (TPSA) is 119 Å². The molecule has 1 amide bonds. The van der Waals surface area contributed by atoms with Crippen LogP contribution in [0.2, 0.25) is 0 Å². The highest BCUT2D eigenvalue weighted by Gasteiger charge is 2.31. The van der Waals surface area contributed by atoms with Crippen molar-refractivity contribution >= 4 is 18.5 Å². The van der Waals surface area contributed by atoms with E-state index in [-0.39, 0.29) is 18.0 Å². The Bertz CT molecular complexity index is 1180. The maximum atomic E-state index is 13.5. The number of aliphatic imine (C=N–C) groups is 1. The highest BCUT2D eigenvalue weighted by molar-refractivity contribution is 5.99. The molecule has 10 nitrogen and oxygen atoms in total. The van der Waals surface area contributed by atoms with E-state index >= 15 is 0 Å². The highest BCUT2D eigenvalue weighted by atomic mass is 16.2. The van der Waals surface area contributed by atoms with E-state index in [4.69, 9.17) is 10.7 Å². The standard InChI is InChI=1S/C25H31N9O/c1-17-15-34(27-2)23(29-24(17)32-11-8-19(26)16-32)12-20-7-3-4-10-33(20)25(35)22-13-21(30-31-22)18-6-5-9-28-14-18/h5-6,9,12-15,19-20H,2-4,7-8,10-11,16,26H2,1H3,(H,30,31)/b23-12-/t19-,20?/m0/s1. The van der Waals surface area contributed by atoms with Crippen molar-refractivity contribution in [2.45, 2.75) is 44.7 Å². The van der Waals surface area contributed by atoms with Gasteiger partial charge in [-0.3, -0.25) is 14.9 Å². The van der Waals surface area contributed by atoms with Crippen LogP contribution in [0.4, 0.5) is 0 Å². The Kier molecular flexibility index (Phi) is 6.45. The summed E-state index contributed by atoms with van der Waals surface area (Å²) in [4.78, 5) is 26.7. The molecule has 5 rings (SSSR count). The Morgan fingerprint density at radius 3 is 2.94 bits per heavy atom. The molecule has 182 valence electrons. The number of nitrogens with two attached hydrogens (primary N) is 1. The number of hydrogen-bond donors (Lipinski definition) is 2. The third-order valence-corrected chi connectivity index (χ3v) is 6.72. The zero-order valence-corrected chi connectivity index (χ0v) is 20.0. The summed E-state index contributed by atoms with van der Waals surface area (Å²) in [6.45, 7) is 8.07. The summed E-state index contributed by atoms with van der Waals surface area (Å²) >= 11 is 0. The molecule has 3 aliphatic rings. The molecule has 0 aromatic carbocycles. The maximum absolute atomic E-state index is 13.5. The lowest BCUT2D eigenvalue weighted by Gasteiger charge is -2.35. The Morgan fingerprint density at radius 1 is 1.31 bits per heavy atom. The smallest absolute Gasteiger partial charge is 0.272 e. The Balaban J connectivity index is 1.41. The molecule has 1 unspecified atom stereocenters. The van der Waals surface area contributed by atoms with Crippen molar-refractivity contribution in [3.05, 3.63) is 60.0 Å². The second kappa shape index (κ2) is 9.83. The minimum atomic E-state index is -0.113. The molecular weight excluding hydrogens is 442 g/mol. The summed E-state index contributed by atoms with van der Waals surface area (Å²) in [5.74, 6) is 1.50. The van der Waals surface area contributed by atoms with Crippen LogP contribution >= 0.6 is 0 Å². The largest absolute Gasteiger partial charge is 0.355 e. The number of aromatic nitrogens is 3. The van der Waals surface area contributed by atoms with Gasteiger partial charge >= 0.3 is 0 Å². The van der Waals surface area contributed by atoms with E-state index in [1.165, 1.54) is 0 Å². The maximum Gasteiger partial charge on any atom is 0.272 e. The molecule has 2 atom stereocenters. The van der Waals surface area contributed by atoms with Gasteiger partial charge in [0.05, 0.1) is 11.7 Å². The first-order chi connectivity index (χ1) is 17.0. The monoisotopic (exact) mass is 473 g/mol. The minimum absolute atomic E-state index is 0.0791. The molecular formula is C25H31N9O. The minimum Gasteiger partial charge on any atom is -0.355 e. The van der Waals surface area contributed by atoms with Crippen LogP contribution in [0.25, 0.3) is 11.3 Å². The molecule has 0 radical (unpaired) electrons. The first-order valence-corrected chi connectivity index (χ1v) is 12.1. The fourth-order valence-electron chi connectivity index (χ4n) is 4.88. The van der Waals surface area contributed by atoms with Crippen LogP contribution < -0.4 is 5.73 Å². The van der Waals surface area contributed by atoms with Crippen molar-refractivity contribution in [1.82, 2.24) is 30.0 Å². The lowest BCUT2D eigenvalue weighted by molar-refractivity contribution is 0.0656. The molecule has 3 N–H and O–H groups in total. The Hall–Kier alpha value is -3.79. The number of rotatable bonds is 4. The van der Waals surface area contributed by atoms with E-state index in [0.717, 1.165) is 55.7 Å². The molecule has 0 saturated carbocycles. The fourth-order valence-corrected chi connectivity index (χ4v) is 4.88. The number of aromatic amines is 1. The number of likely N-dealkylation sites (tertiary alicyclic amines) is 2. The van der Waals surface area contributed by atoms with Gasteiger partial charge in [-0.15, -0.1) is 0 Å². The number of hydrazone groups is 1. The predicted octanol–water partition coefficient (Wildman–Crippen LogP) is 2.57. The van der Waals surface area contributed by atoms with Crippen molar-refractivity contribution in [3.63, 3.8) is 0 Å². The molecule has 10 heteroatoms. The summed E-state index contributed by atoms with van der Waals surface area (Å²) in [6.07, 6.45) is 11.2. The Morgan fingerprint density at radius 2 is 2.20 bits per heavy atom. The van der Waals surface area contributed by atoms with Gasteiger partial charge in [0.1, 0.15) is 11.5 Å². The highest BCUT2D eigenvalue weighted by Crippen LogP contribution is 2.27. The summed E-state index contributed by atoms with van der Waals surface area (Å²) < 4.78 is 0. The number of piperidine rings is 1. The van der Waals surface area contributed by atoms with Gasteiger partial charge in [-0.05, 0) is 56.9 Å². The van der Waals surface area contributed by atoms with Gasteiger partial charge < -0.3 is 15.5 Å². The van der Waals surface area contributed by atoms with Crippen LogP contribution in [0.1, 0.15) is 43.1 Å². The summed E-state index contributed by atoms with van der Waals surface area (Å²) in [5.41, 5.74) is 9.17. The number of hydrogen-bond acceptors (Lipinski definition) is 8. The van der Waals surface area contributed by atoms with Crippen molar-refractivity contribution in [2.75, 3.05) is 19.6 Å². The molecule has 0 aliphatic carbocycles. The fraction of sp³-hybridized carbons (Fsp3) is 0.400. The van der Waals surface area contributed by atoms with Crippen LogP contribution in [0.5, 0.6) is 0 Å². The first kappa shape index (κ1) is 23.0. The molecule has 2 saturated heterocycles. The predicted molar refractivity (Wildman–Crippen MR) is 135 cm³/mol. The second-order valence-electron chi connectivity index (χ2n) is 9.22. The van der Waals surface area contributed by atoms with E-state index in [2.05, 4.69) is 31.9 Å². The number of pyridine rings is 1. The summed E-state index contributed by atoms with van der Waals surface area (Å²) in [7, 11) is 0. The second-order valence-corrected chi connectivity index (χ2v) is 9.22. The number of carbonyl (C=O) groups is 1. The summed E-state index contributed by atoms with van der Waals surface area (Å²) in [5, 5.41) is 13.1. The number of H-pyrrole nitrogens is 1. The van der Waals surface area contributed by atoms with E-state index in [9.17, 15) is 4.79 Å². The molecule has 3 aliphatic heterocycles. The van der Waals surface area contributed by atoms with E-state index in [0.29, 0.717) is 23.8 Å². The lowest BCUT2D eigenvalue weighted by Crippen LogP contribution is -2.43. The molecule has 5 heterocycles. The van der Waals surface area contributed by atoms with Crippen molar-refractivity contribution < 1.29 is 4.79 Å². The van der Waals surface area contributed by atoms with Gasteiger partial charge in [-0.2, -0.15) is 10.2 Å². The summed E-state index contributed by atoms with van der Waals surface area (Å²) in [6, 6.07) is 5.60. The zero-order valence-electron chi connectivity index (χ0n) is 20.0. The van der Waals surface area contributed by atoms with Gasteiger partial charge in [-0.25, -0.2) is 10.0 Å². The van der Waals surface area contributed by atoms with Gasteiger partial charge in [0.15, 0.2) is 5.82 Å². The number of nitrogens with zero attached hydrogens (tertiary/aromatic N) is 7. The van der Waals surface area contributed by atoms with Crippen molar-refractivity contribution in [1.29, 1.82) is 0 Å². The van der Waals surface area contributed by atoms with Gasteiger partial charge in [0.2, 0.25) is 0 Å². The molecule has 2 fully saturated rings. The number of amides is 1. The quantitative estimate of drug-likeness (QED) is 0.659. The van der Waals surface area contributed by atoms with Gasteiger partial charge in [0.25, 0.3) is 5.91 Å². The average molecular weight is 474 g/mol. The molecule has 2 aromatic rings. The van der Waals surface area contributed by atoms with E-state index in [1.807, 2.05) is 36.2 Å². The van der Waals surface area contributed by atoms with E-state index in [1.54, 1.807) is 23.5 Å². The molecule has 0 bridgehead atoms. The zero-order chi connectivity index (χ0) is 24.4. The van der Waals surface area contributed by atoms with Crippen LogP contribution in [0, 0.1) is 0 Å². The van der Waals surface area contributed by atoms with Crippen molar-refractivity contribution in [3.8, 4) is 11.3 Å². The van der Waals surface area contributed by atoms with Gasteiger partial charge in [0, 0.05) is 62.1 Å². The number of carbonyl (C=O) groups excluding carboxylic acids is 1. The lowest BCUT2D eigenvalue weighted by atomic mass is 10.0. The molecule has 0 spiro atoms. The van der Waals surface area contributed by atoms with Crippen LogP contribution in [0.15, 0.2) is 64.4 Å². The SMILES string of the molecule is C=NN1C=C(C)C(N2CC[C@H](N)C2)=N/C1=C/C1CCCCN1C(=O)c1cc(-c2cccnc2)n[nH]1. The number of nitrogens with one attached hydrogen (secondary N) is 1. The van der Waals surface area contributed by atoms with Crippen molar-refractivity contribution in [2.24, 2.45) is 15.8 Å². The third kappa shape index (κ3) is 4.74. The number of amidine groups is 1. The average Bonchev–Trinajstić information content (AvgIpc) is 3.55. The van der Waals surface area contributed by atoms with Crippen LogP contribution in [-0.4, -0.2) is 80.2 Å². The van der Waals surface area contributed by atoms with Gasteiger partial charge in [-0.1, -0.05) is 0 Å². The molecule has 2 aromatic heterocycles. The van der Waals surface area contributed by atoms with E-state index < -0.39 is 0 Å². The third-order valence-electron chi connectivity index (χ3n) is 6.72.